The van der Waals surface area contributed by atoms with E-state index in [0.29, 0.717) is 5.92 Å². The number of fused-ring (bicyclic) bond motifs is 7. The fraction of sp³-hybridized carbons (Fsp3) is 0.120. The second kappa shape index (κ2) is 12.1. The van der Waals surface area contributed by atoms with Gasteiger partial charge >= 0.3 is 310 Å². The van der Waals surface area contributed by atoms with Gasteiger partial charge in [-0.25, -0.2) is 0 Å². The number of furan rings is 1. The third-order valence-corrected chi connectivity index (χ3v) is 14.1. The summed E-state index contributed by atoms with van der Waals surface area (Å²) in [6.45, 7) is 0. The molecule has 2 heterocycles. The summed E-state index contributed by atoms with van der Waals surface area (Å²) in [5, 5.41) is 13.5. The third kappa shape index (κ3) is 4.48. The standard InChI is InChI=1S/C50H36OSe/c1-2-14-31(15-3-1)45-33-16-4-8-20-37(33)47(38-21-9-5-17-34(38)45)41-24-12-26-43-49(41)50-42(25-13-27-44(50)52-43)48-39-22-10-6-18-35(39)46(32-28-29-51-30-32)36-19-7-11-23-40(36)48/h4-13,16-31H,1-3,14-15H2. The molecule has 10 aromatic rings. The van der Waals surface area contributed by atoms with Crippen LogP contribution in [0.2, 0.25) is 0 Å². The zero-order valence-corrected chi connectivity index (χ0v) is 30.6. The van der Waals surface area contributed by atoms with Crippen LogP contribution in [0.4, 0.5) is 0 Å². The Bertz CT molecular complexity index is 2880. The molecule has 0 spiro atoms. The van der Waals surface area contributed by atoms with Crippen molar-refractivity contribution in [2.45, 2.75) is 38.0 Å². The van der Waals surface area contributed by atoms with Gasteiger partial charge in [0.1, 0.15) is 0 Å². The predicted molar refractivity (Wildman–Crippen MR) is 223 cm³/mol. The first kappa shape index (κ1) is 30.2. The Balaban J connectivity index is 1.28. The molecule has 8 aromatic carbocycles. The van der Waals surface area contributed by atoms with Crippen molar-refractivity contribution in [1.29, 1.82) is 0 Å². The van der Waals surface area contributed by atoms with Crippen molar-refractivity contribution in [3.8, 4) is 33.4 Å². The van der Waals surface area contributed by atoms with Crippen molar-refractivity contribution in [1.82, 2.24) is 0 Å². The minimum atomic E-state index is 0.201. The summed E-state index contributed by atoms with van der Waals surface area (Å²) in [4.78, 5) is 0. The van der Waals surface area contributed by atoms with E-state index in [1.54, 1.807) is 11.8 Å². The molecule has 0 unspecified atom stereocenters. The molecule has 2 heteroatoms. The molecule has 0 atom stereocenters. The maximum absolute atomic E-state index is 5.64. The van der Waals surface area contributed by atoms with Crippen molar-refractivity contribution in [2.75, 3.05) is 0 Å². The number of rotatable bonds is 4. The normalized spacial score (nSPS) is 14.1. The van der Waals surface area contributed by atoms with Crippen molar-refractivity contribution in [2.24, 2.45) is 0 Å². The summed E-state index contributed by atoms with van der Waals surface area (Å²) in [6.07, 6.45) is 10.3. The van der Waals surface area contributed by atoms with Crippen molar-refractivity contribution < 1.29 is 4.42 Å². The second-order valence-electron chi connectivity index (χ2n) is 14.5. The van der Waals surface area contributed by atoms with Gasteiger partial charge in [-0.15, -0.1) is 0 Å². The average molecular weight is 732 g/mol. The van der Waals surface area contributed by atoms with Crippen molar-refractivity contribution in [3.05, 3.63) is 158 Å². The quantitative estimate of drug-likeness (QED) is 0.130. The summed E-state index contributed by atoms with van der Waals surface area (Å²) in [7, 11) is 0. The van der Waals surface area contributed by atoms with Crippen molar-refractivity contribution in [3.63, 3.8) is 0 Å². The molecule has 1 aliphatic carbocycles. The molecular formula is C50H36OSe. The zero-order chi connectivity index (χ0) is 34.2. The third-order valence-electron chi connectivity index (χ3n) is 11.8. The fourth-order valence-electron chi connectivity index (χ4n) is 9.70. The van der Waals surface area contributed by atoms with Crippen LogP contribution in [-0.2, 0) is 0 Å². The monoisotopic (exact) mass is 732 g/mol. The molecule has 0 aliphatic heterocycles. The van der Waals surface area contributed by atoms with E-state index < -0.39 is 0 Å². The van der Waals surface area contributed by atoms with Gasteiger partial charge in [0.2, 0.25) is 0 Å². The molecular weight excluding hydrogens is 696 g/mol. The van der Waals surface area contributed by atoms with E-state index in [1.165, 1.54) is 122 Å². The molecule has 2 aromatic heterocycles. The molecule has 1 aliphatic rings. The van der Waals surface area contributed by atoms with E-state index in [4.69, 9.17) is 4.42 Å². The molecule has 0 saturated heterocycles. The SMILES string of the molecule is c1cc(-c2c3ccccc3c(-c3ccoc3)c3ccccc23)c2c(c1)[se]c1cccc(-c3c4ccccc4c(C4CCCCC4)c4ccccc34)c12. The van der Waals surface area contributed by atoms with Crippen LogP contribution in [0.1, 0.15) is 43.6 Å². The van der Waals surface area contributed by atoms with Gasteiger partial charge in [-0.2, -0.15) is 0 Å². The van der Waals surface area contributed by atoms with Gasteiger partial charge in [0.15, 0.2) is 0 Å². The van der Waals surface area contributed by atoms with Gasteiger partial charge in [0.25, 0.3) is 0 Å². The molecule has 0 radical (unpaired) electrons. The Morgan fingerprint density at radius 1 is 0.423 bits per heavy atom. The molecule has 248 valence electrons. The van der Waals surface area contributed by atoms with E-state index in [-0.39, 0.29) is 14.5 Å². The molecule has 0 N–H and O–H groups in total. The number of benzene rings is 8. The van der Waals surface area contributed by atoms with Crippen LogP contribution in [0, 0.1) is 0 Å². The van der Waals surface area contributed by atoms with Crippen molar-refractivity contribution >= 4 is 76.9 Å². The van der Waals surface area contributed by atoms with Crippen LogP contribution in [-0.4, -0.2) is 14.5 Å². The summed E-state index contributed by atoms with van der Waals surface area (Å²) >= 11 is 0.201. The Morgan fingerprint density at radius 3 is 1.33 bits per heavy atom. The molecule has 1 nitrogen and oxygen atoms in total. The van der Waals surface area contributed by atoms with E-state index >= 15 is 0 Å². The number of hydrogen-bond acceptors (Lipinski definition) is 1. The van der Waals surface area contributed by atoms with Crippen LogP contribution < -0.4 is 0 Å². The molecule has 0 bridgehead atoms. The van der Waals surface area contributed by atoms with Gasteiger partial charge in [-0.05, 0) is 0 Å². The summed E-state index contributed by atoms with van der Waals surface area (Å²) in [5.74, 6) is 0.612. The Hall–Kier alpha value is -5.40. The van der Waals surface area contributed by atoms with Crippen LogP contribution in [0.15, 0.2) is 156 Å². The summed E-state index contributed by atoms with van der Waals surface area (Å²) in [5.41, 5.74) is 9.30. The Labute approximate surface area is 308 Å². The molecule has 11 rings (SSSR count). The minimum absolute atomic E-state index is 0.201. The number of hydrogen-bond donors (Lipinski definition) is 0. The topological polar surface area (TPSA) is 13.1 Å². The van der Waals surface area contributed by atoms with Gasteiger partial charge in [0, 0.05) is 0 Å². The van der Waals surface area contributed by atoms with E-state index in [9.17, 15) is 0 Å². The van der Waals surface area contributed by atoms with Crippen LogP contribution in [0.3, 0.4) is 0 Å². The van der Waals surface area contributed by atoms with Crippen LogP contribution in [0.5, 0.6) is 0 Å². The molecule has 0 amide bonds. The van der Waals surface area contributed by atoms with Gasteiger partial charge in [0.05, 0.1) is 0 Å². The molecule has 1 fully saturated rings. The first-order chi connectivity index (χ1) is 25.8. The van der Waals surface area contributed by atoms with Crippen LogP contribution in [0.25, 0.3) is 95.8 Å². The van der Waals surface area contributed by atoms with Gasteiger partial charge in [-0.3, -0.25) is 0 Å². The first-order valence-electron chi connectivity index (χ1n) is 18.7. The predicted octanol–water partition coefficient (Wildman–Crippen LogP) is 14.3. The maximum atomic E-state index is 5.64. The molecule has 1 saturated carbocycles. The van der Waals surface area contributed by atoms with Gasteiger partial charge < -0.3 is 0 Å². The van der Waals surface area contributed by atoms with E-state index in [0.717, 1.165) is 5.56 Å². The Kier molecular flexibility index (Phi) is 7.03. The van der Waals surface area contributed by atoms with E-state index in [1.807, 2.05) is 6.26 Å². The van der Waals surface area contributed by atoms with E-state index in [2.05, 4.69) is 140 Å². The Morgan fingerprint density at radius 2 is 0.865 bits per heavy atom. The summed E-state index contributed by atoms with van der Waals surface area (Å²) < 4.78 is 8.58. The second-order valence-corrected chi connectivity index (χ2v) is 16.8. The summed E-state index contributed by atoms with van der Waals surface area (Å²) in [6, 6.07) is 52.8. The average Bonchev–Trinajstić information content (AvgIpc) is 3.88. The zero-order valence-electron chi connectivity index (χ0n) is 28.9. The molecule has 52 heavy (non-hydrogen) atoms. The van der Waals surface area contributed by atoms with Gasteiger partial charge in [-0.1, -0.05) is 0 Å². The fourth-order valence-corrected chi connectivity index (χ4v) is 12.1. The first-order valence-corrected chi connectivity index (χ1v) is 20.4. The van der Waals surface area contributed by atoms with Crippen LogP contribution >= 0.6 is 0 Å².